The van der Waals surface area contributed by atoms with Gasteiger partial charge in [0.25, 0.3) is 0 Å². The highest BCUT2D eigenvalue weighted by molar-refractivity contribution is 8.00. The van der Waals surface area contributed by atoms with Crippen molar-refractivity contribution < 1.29 is 9.32 Å². The predicted octanol–water partition coefficient (Wildman–Crippen LogP) is 4.18. The van der Waals surface area contributed by atoms with E-state index >= 15 is 0 Å². The number of halogens is 1. The molecular weight excluding hydrogens is 296 g/mol. The van der Waals surface area contributed by atoms with E-state index in [4.69, 9.17) is 16.1 Å². The monoisotopic (exact) mass is 310 g/mol. The van der Waals surface area contributed by atoms with Crippen LogP contribution in [0.2, 0.25) is 5.02 Å². The van der Waals surface area contributed by atoms with Crippen LogP contribution >= 0.6 is 23.4 Å². The third-order valence-corrected chi connectivity index (χ3v) is 4.09. The number of anilines is 1. The molecule has 4 nitrogen and oxygen atoms in total. The molecule has 0 saturated heterocycles. The molecule has 2 rings (SSSR count). The van der Waals surface area contributed by atoms with Crippen molar-refractivity contribution in [1.29, 1.82) is 0 Å². The molecule has 106 valence electrons. The number of nitrogens with one attached hydrogen (secondary N) is 1. The first-order chi connectivity index (χ1) is 9.56. The first-order valence-electron chi connectivity index (χ1n) is 6.20. The zero-order valence-corrected chi connectivity index (χ0v) is 12.8. The number of rotatable bonds is 5. The summed E-state index contributed by atoms with van der Waals surface area (Å²) in [6.07, 6.45) is 0. The number of hydrogen-bond acceptors (Lipinski definition) is 4. The number of carbonyl (C=O) groups excluding carboxylic acids is 1. The van der Waals surface area contributed by atoms with Gasteiger partial charge in [-0.2, -0.15) is 0 Å². The minimum atomic E-state index is -0.152. The highest BCUT2D eigenvalue weighted by atomic mass is 35.5. The second-order valence-corrected chi connectivity index (χ2v) is 5.96. The van der Waals surface area contributed by atoms with Crippen LogP contribution in [0.3, 0.4) is 0 Å². The van der Waals surface area contributed by atoms with Crippen molar-refractivity contribution in [2.75, 3.05) is 11.1 Å². The van der Waals surface area contributed by atoms with Crippen LogP contribution in [0.25, 0.3) is 0 Å². The van der Waals surface area contributed by atoms with E-state index < -0.39 is 0 Å². The van der Waals surface area contributed by atoms with Crippen LogP contribution in [0, 0.1) is 0 Å². The van der Waals surface area contributed by atoms with Crippen LogP contribution in [0.1, 0.15) is 25.5 Å². The summed E-state index contributed by atoms with van der Waals surface area (Å²) in [6.45, 7) is 4.02. The lowest BCUT2D eigenvalue weighted by Crippen LogP contribution is -2.13. The van der Waals surface area contributed by atoms with Crippen LogP contribution in [0.15, 0.2) is 39.8 Å². The molecule has 0 aliphatic carbocycles. The highest BCUT2D eigenvalue weighted by Gasteiger charge is 2.11. The second-order valence-electron chi connectivity index (χ2n) is 4.54. The van der Waals surface area contributed by atoms with Crippen LogP contribution in [0.4, 0.5) is 5.88 Å². The van der Waals surface area contributed by atoms with Gasteiger partial charge in [0.15, 0.2) is 0 Å². The Balaban J connectivity index is 1.88. The predicted molar refractivity (Wildman–Crippen MR) is 81.4 cm³/mol. The largest absolute Gasteiger partial charge is 0.338 e. The van der Waals surface area contributed by atoms with Crippen molar-refractivity contribution in [3.63, 3.8) is 0 Å². The lowest BCUT2D eigenvalue weighted by Gasteiger charge is -2.03. The molecule has 0 aliphatic rings. The zero-order chi connectivity index (χ0) is 14.5. The van der Waals surface area contributed by atoms with Gasteiger partial charge >= 0.3 is 0 Å². The van der Waals surface area contributed by atoms with Gasteiger partial charge in [0.1, 0.15) is 0 Å². The summed E-state index contributed by atoms with van der Waals surface area (Å²) in [4.78, 5) is 12.7. The molecule has 0 atom stereocenters. The van der Waals surface area contributed by atoms with Crippen LogP contribution in [-0.2, 0) is 4.79 Å². The molecule has 0 spiro atoms. The molecule has 0 radical (unpaired) electrons. The van der Waals surface area contributed by atoms with Crippen LogP contribution in [0.5, 0.6) is 0 Å². The molecule has 1 aromatic heterocycles. The summed E-state index contributed by atoms with van der Waals surface area (Å²) in [7, 11) is 0. The van der Waals surface area contributed by atoms with E-state index in [1.807, 2.05) is 32.0 Å². The van der Waals surface area contributed by atoms with Gasteiger partial charge in [0.05, 0.1) is 16.5 Å². The fourth-order valence-corrected chi connectivity index (χ4v) is 2.54. The number of hydrogen-bond donors (Lipinski definition) is 1. The third-order valence-electron chi connectivity index (χ3n) is 2.58. The average Bonchev–Trinajstić information content (AvgIpc) is 2.86. The van der Waals surface area contributed by atoms with E-state index in [0.717, 1.165) is 10.6 Å². The maximum atomic E-state index is 11.8. The van der Waals surface area contributed by atoms with E-state index in [1.165, 1.54) is 11.8 Å². The zero-order valence-electron chi connectivity index (χ0n) is 11.2. The third kappa shape index (κ3) is 4.02. The van der Waals surface area contributed by atoms with Crippen molar-refractivity contribution in [3.05, 3.63) is 41.0 Å². The van der Waals surface area contributed by atoms with E-state index in [1.54, 1.807) is 12.1 Å². The molecule has 6 heteroatoms. The normalized spacial score (nSPS) is 10.8. The maximum absolute atomic E-state index is 11.8. The molecule has 0 fully saturated rings. The Bertz CT molecular complexity index is 598. The smallest absolute Gasteiger partial charge is 0.237 e. The number of aromatic nitrogens is 1. The summed E-state index contributed by atoms with van der Waals surface area (Å²) in [5.41, 5.74) is 0.819. The minimum absolute atomic E-state index is 0.152. The van der Waals surface area contributed by atoms with E-state index in [-0.39, 0.29) is 17.6 Å². The Morgan fingerprint density at radius 2 is 2.20 bits per heavy atom. The number of carbonyl (C=O) groups is 1. The minimum Gasteiger partial charge on any atom is -0.338 e. The van der Waals surface area contributed by atoms with Crippen molar-refractivity contribution in [1.82, 2.24) is 5.16 Å². The summed E-state index contributed by atoms with van der Waals surface area (Å²) in [5, 5.41) is 7.20. The lowest BCUT2D eigenvalue weighted by atomic mass is 10.1. The molecule has 1 N–H and O–H groups in total. The fraction of sp³-hybridized carbons (Fsp3) is 0.286. The summed E-state index contributed by atoms with van der Waals surface area (Å²) < 4.78 is 5.06. The topological polar surface area (TPSA) is 55.1 Å². The van der Waals surface area contributed by atoms with E-state index in [2.05, 4.69) is 10.5 Å². The lowest BCUT2D eigenvalue weighted by molar-refractivity contribution is -0.113. The van der Waals surface area contributed by atoms with Gasteiger partial charge < -0.3 is 4.52 Å². The van der Waals surface area contributed by atoms with Gasteiger partial charge in [0, 0.05) is 11.0 Å². The number of thioether (sulfide) groups is 1. The quantitative estimate of drug-likeness (QED) is 0.842. The van der Waals surface area contributed by atoms with Gasteiger partial charge in [-0.15, -0.1) is 11.8 Å². The Morgan fingerprint density at radius 1 is 1.45 bits per heavy atom. The summed E-state index contributed by atoms with van der Waals surface area (Å²) in [6, 6.07) is 9.16. The average molecular weight is 311 g/mol. The summed E-state index contributed by atoms with van der Waals surface area (Å²) in [5.74, 6) is 0.753. The number of nitrogens with zero attached hydrogens (tertiary/aromatic N) is 1. The SMILES string of the molecule is CC(C)c1cc(NC(=O)CSc2ccccc2Cl)on1. The van der Waals surface area contributed by atoms with Crippen molar-refractivity contribution in [2.45, 2.75) is 24.7 Å². The van der Waals surface area contributed by atoms with E-state index in [0.29, 0.717) is 10.9 Å². The van der Waals surface area contributed by atoms with Gasteiger partial charge in [-0.3, -0.25) is 10.1 Å². The van der Waals surface area contributed by atoms with Crippen molar-refractivity contribution in [2.24, 2.45) is 0 Å². The van der Waals surface area contributed by atoms with Crippen molar-refractivity contribution >= 4 is 35.2 Å². The van der Waals surface area contributed by atoms with Crippen molar-refractivity contribution in [3.8, 4) is 0 Å². The Kier molecular flexibility index (Phi) is 5.09. The molecule has 2 aromatic rings. The molecule has 0 bridgehead atoms. The molecule has 0 unspecified atom stereocenters. The Labute approximate surface area is 126 Å². The number of amides is 1. The van der Waals surface area contributed by atoms with Gasteiger partial charge in [-0.05, 0) is 18.1 Å². The first-order valence-corrected chi connectivity index (χ1v) is 7.56. The number of benzene rings is 1. The maximum Gasteiger partial charge on any atom is 0.237 e. The fourth-order valence-electron chi connectivity index (χ4n) is 1.50. The summed E-state index contributed by atoms with van der Waals surface area (Å²) >= 11 is 7.41. The van der Waals surface area contributed by atoms with Crippen LogP contribution < -0.4 is 5.32 Å². The Morgan fingerprint density at radius 3 is 2.85 bits per heavy atom. The molecule has 0 saturated carbocycles. The Hall–Kier alpha value is -1.46. The molecule has 1 heterocycles. The van der Waals surface area contributed by atoms with Crippen LogP contribution in [-0.4, -0.2) is 16.8 Å². The standard InChI is InChI=1S/C14H15ClN2O2S/c1-9(2)11-7-14(19-17-11)16-13(18)8-20-12-6-4-3-5-10(12)15/h3-7,9H,8H2,1-2H3,(H,16,18). The molecule has 20 heavy (non-hydrogen) atoms. The van der Waals surface area contributed by atoms with Gasteiger partial charge in [0.2, 0.25) is 11.8 Å². The molecule has 0 aliphatic heterocycles. The second kappa shape index (κ2) is 6.81. The van der Waals surface area contributed by atoms with Gasteiger partial charge in [-0.25, -0.2) is 0 Å². The molecular formula is C14H15ClN2O2S. The van der Waals surface area contributed by atoms with E-state index in [9.17, 15) is 4.79 Å². The molecule has 1 aromatic carbocycles. The van der Waals surface area contributed by atoms with Gasteiger partial charge in [-0.1, -0.05) is 42.7 Å². The first kappa shape index (κ1) is 14.9. The highest BCUT2D eigenvalue weighted by Crippen LogP contribution is 2.26. The molecule has 1 amide bonds.